The van der Waals surface area contributed by atoms with Gasteiger partial charge in [0.1, 0.15) is 5.82 Å². The minimum absolute atomic E-state index is 0.0786. The summed E-state index contributed by atoms with van der Waals surface area (Å²) in [6, 6.07) is 0.365. The van der Waals surface area contributed by atoms with Crippen molar-refractivity contribution in [2.24, 2.45) is 5.73 Å². The van der Waals surface area contributed by atoms with Crippen LogP contribution >= 0.6 is 0 Å². The van der Waals surface area contributed by atoms with Gasteiger partial charge in [-0.1, -0.05) is 0 Å². The Hall–Kier alpha value is -1.93. The molecule has 8 nitrogen and oxygen atoms in total. The first-order valence-electron chi connectivity index (χ1n) is 9.96. The van der Waals surface area contributed by atoms with E-state index in [2.05, 4.69) is 20.6 Å². The van der Waals surface area contributed by atoms with Crippen molar-refractivity contribution in [3.8, 4) is 0 Å². The van der Waals surface area contributed by atoms with E-state index in [-0.39, 0.29) is 23.8 Å². The molecule has 1 aromatic rings. The Balaban J connectivity index is 1.70. The number of nitrogens with zero attached hydrogens (tertiary/aromatic N) is 2. The number of hydrogen-bond donors (Lipinski definition) is 4. The molecular weight excluding hydrogens is 346 g/mol. The molecule has 2 aliphatic carbocycles. The summed E-state index contributed by atoms with van der Waals surface area (Å²) in [4.78, 5) is 20.6. The lowest BCUT2D eigenvalue weighted by Crippen LogP contribution is -2.31. The van der Waals surface area contributed by atoms with Crippen LogP contribution in [0.4, 0.5) is 11.8 Å². The maximum Gasteiger partial charge on any atom is 0.254 e. The van der Waals surface area contributed by atoms with E-state index in [0.29, 0.717) is 24.3 Å². The third kappa shape index (κ3) is 5.52. The number of amides is 1. The minimum Gasteiger partial charge on any atom is -0.393 e. The van der Waals surface area contributed by atoms with Crippen LogP contribution in [0.15, 0.2) is 6.20 Å². The molecule has 3 rings (SSSR count). The number of carbonyl (C=O) groups is 1. The summed E-state index contributed by atoms with van der Waals surface area (Å²) in [7, 11) is 1.77. The van der Waals surface area contributed by atoms with Gasteiger partial charge in [-0.25, -0.2) is 4.98 Å². The first-order valence-corrected chi connectivity index (χ1v) is 9.96. The fourth-order valence-electron chi connectivity index (χ4n) is 4.06. The molecule has 0 spiro atoms. The number of aliphatic hydroxyl groups excluding tert-OH is 1. The molecule has 0 aromatic carbocycles. The topological polar surface area (TPSA) is 122 Å². The largest absolute Gasteiger partial charge is 0.393 e. The molecule has 4 atom stereocenters. The molecule has 2 saturated carbocycles. The molecule has 0 radical (unpaired) electrons. The zero-order valence-corrected chi connectivity index (χ0v) is 16.0. The number of ether oxygens (including phenoxy) is 1. The SMILES string of the molecule is CO[C@@H]1CCC[C@H](Nc2ncc(C(N)=O)c(N[C@@H]3CCC[C@H](O)C3)n2)CC1. The van der Waals surface area contributed by atoms with Crippen LogP contribution in [-0.2, 0) is 4.74 Å². The number of rotatable bonds is 6. The van der Waals surface area contributed by atoms with Crippen LogP contribution in [0.3, 0.4) is 0 Å². The van der Waals surface area contributed by atoms with Crippen LogP contribution in [0.2, 0.25) is 0 Å². The first kappa shape index (κ1) is 19.8. The van der Waals surface area contributed by atoms with E-state index < -0.39 is 5.91 Å². The molecule has 27 heavy (non-hydrogen) atoms. The standard InChI is InChI=1S/C19H31N5O3/c1-27-15-7-3-4-12(8-9-15)23-19-21-11-16(17(20)26)18(24-19)22-13-5-2-6-14(25)10-13/h11-15,25H,2-10H2,1H3,(H2,20,26)(H2,21,22,23,24)/t12-,13+,14-,15+/m0/s1. The molecule has 150 valence electrons. The van der Waals surface area contributed by atoms with Crippen LogP contribution in [0.1, 0.15) is 68.1 Å². The van der Waals surface area contributed by atoms with Gasteiger partial charge in [-0.15, -0.1) is 0 Å². The third-order valence-electron chi connectivity index (χ3n) is 5.62. The minimum atomic E-state index is -0.558. The fraction of sp³-hybridized carbons (Fsp3) is 0.737. The Morgan fingerprint density at radius 2 is 1.93 bits per heavy atom. The number of hydrogen-bond acceptors (Lipinski definition) is 7. The van der Waals surface area contributed by atoms with Crippen molar-refractivity contribution in [2.75, 3.05) is 17.7 Å². The van der Waals surface area contributed by atoms with Crippen LogP contribution in [0.5, 0.6) is 0 Å². The molecule has 1 aromatic heterocycles. The Kier molecular flexibility index (Phi) is 6.84. The average molecular weight is 377 g/mol. The van der Waals surface area contributed by atoms with E-state index in [9.17, 15) is 9.90 Å². The quantitative estimate of drug-likeness (QED) is 0.560. The number of nitrogens with two attached hydrogens (primary N) is 1. The van der Waals surface area contributed by atoms with Crippen LogP contribution in [0.25, 0.3) is 0 Å². The molecule has 1 amide bonds. The highest BCUT2D eigenvalue weighted by atomic mass is 16.5. The fourth-order valence-corrected chi connectivity index (χ4v) is 4.06. The van der Waals surface area contributed by atoms with Crippen LogP contribution in [-0.4, -0.2) is 52.4 Å². The summed E-state index contributed by atoms with van der Waals surface area (Å²) in [5.74, 6) is 0.389. The van der Waals surface area contributed by atoms with E-state index in [0.717, 1.165) is 51.4 Å². The maximum absolute atomic E-state index is 11.8. The van der Waals surface area contributed by atoms with Crippen molar-refractivity contribution < 1.29 is 14.6 Å². The first-order chi connectivity index (χ1) is 13.0. The molecule has 0 saturated heterocycles. The summed E-state index contributed by atoms with van der Waals surface area (Å²) in [5, 5.41) is 16.6. The van der Waals surface area contributed by atoms with Crippen molar-refractivity contribution in [1.29, 1.82) is 0 Å². The third-order valence-corrected chi connectivity index (χ3v) is 5.62. The average Bonchev–Trinajstić information content (AvgIpc) is 2.87. The summed E-state index contributed by atoms with van der Waals surface area (Å²) in [6.07, 6.45) is 10.1. The highest BCUT2D eigenvalue weighted by Gasteiger charge is 2.23. The Bertz CT molecular complexity index is 642. The number of aliphatic hydroxyl groups is 1. The Morgan fingerprint density at radius 1 is 1.15 bits per heavy atom. The summed E-state index contributed by atoms with van der Waals surface area (Å²) < 4.78 is 5.48. The summed E-state index contributed by atoms with van der Waals surface area (Å²) in [5.41, 5.74) is 5.77. The maximum atomic E-state index is 11.8. The van der Waals surface area contributed by atoms with Gasteiger partial charge in [0.2, 0.25) is 5.95 Å². The lowest BCUT2D eigenvalue weighted by atomic mass is 9.93. The lowest BCUT2D eigenvalue weighted by Gasteiger charge is -2.27. The van der Waals surface area contributed by atoms with Crippen LogP contribution < -0.4 is 16.4 Å². The smallest absolute Gasteiger partial charge is 0.254 e. The summed E-state index contributed by atoms with van der Waals surface area (Å²) >= 11 is 0. The number of carbonyl (C=O) groups excluding carboxylic acids is 1. The predicted octanol–water partition coefficient (Wildman–Crippen LogP) is 2.05. The second kappa shape index (κ2) is 9.32. The zero-order chi connectivity index (χ0) is 19.2. The highest BCUT2D eigenvalue weighted by molar-refractivity contribution is 5.97. The normalized spacial score (nSPS) is 29.0. The van der Waals surface area contributed by atoms with Gasteiger partial charge < -0.3 is 26.2 Å². The molecule has 2 aliphatic rings. The van der Waals surface area contributed by atoms with Gasteiger partial charge in [-0.3, -0.25) is 4.79 Å². The van der Waals surface area contributed by atoms with Gasteiger partial charge in [0.25, 0.3) is 5.91 Å². The molecule has 8 heteroatoms. The Morgan fingerprint density at radius 3 is 2.67 bits per heavy atom. The van der Waals surface area contributed by atoms with Crippen molar-refractivity contribution in [3.05, 3.63) is 11.8 Å². The Labute approximate surface area is 160 Å². The number of nitrogens with one attached hydrogen (secondary N) is 2. The summed E-state index contributed by atoms with van der Waals surface area (Å²) in [6.45, 7) is 0. The van der Waals surface area contributed by atoms with Crippen molar-refractivity contribution in [2.45, 2.75) is 82.1 Å². The lowest BCUT2D eigenvalue weighted by molar-refractivity contribution is 0.0898. The van der Waals surface area contributed by atoms with Gasteiger partial charge in [-0.2, -0.15) is 4.98 Å². The predicted molar refractivity (Wildman–Crippen MR) is 104 cm³/mol. The van der Waals surface area contributed by atoms with E-state index >= 15 is 0 Å². The van der Waals surface area contributed by atoms with Gasteiger partial charge in [0.05, 0.1) is 17.8 Å². The molecule has 1 heterocycles. The van der Waals surface area contributed by atoms with E-state index in [1.54, 1.807) is 7.11 Å². The van der Waals surface area contributed by atoms with Gasteiger partial charge in [-0.05, 0) is 57.8 Å². The monoisotopic (exact) mass is 377 g/mol. The van der Waals surface area contributed by atoms with E-state index in [1.807, 2.05) is 0 Å². The van der Waals surface area contributed by atoms with Gasteiger partial charge in [0.15, 0.2) is 0 Å². The second-order valence-corrected chi connectivity index (χ2v) is 7.69. The van der Waals surface area contributed by atoms with E-state index in [4.69, 9.17) is 10.5 Å². The van der Waals surface area contributed by atoms with Gasteiger partial charge in [0, 0.05) is 25.4 Å². The van der Waals surface area contributed by atoms with Crippen molar-refractivity contribution in [3.63, 3.8) is 0 Å². The number of anilines is 2. The number of primary amides is 1. The van der Waals surface area contributed by atoms with Crippen LogP contribution in [0, 0.1) is 0 Å². The number of aromatic nitrogens is 2. The van der Waals surface area contributed by atoms with Gasteiger partial charge >= 0.3 is 0 Å². The second-order valence-electron chi connectivity index (χ2n) is 7.69. The molecular formula is C19H31N5O3. The molecule has 0 bridgehead atoms. The highest BCUT2D eigenvalue weighted by Crippen LogP contribution is 2.25. The zero-order valence-electron chi connectivity index (χ0n) is 16.0. The van der Waals surface area contributed by atoms with E-state index in [1.165, 1.54) is 6.20 Å². The van der Waals surface area contributed by atoms with Crippen molar-refractivity contribution >= 4 is 17.7 Å². The molecule has 0 aliphatic heterocycles. The van der Waals surface area contributed by atoms with Crippen molar-refractivity contribution in [1.82, 2.24) is 9.97 Å². The number of methoxy groups -OCH3 is 1. The molecule has 2 fully saturated rings. The molecule has 5 N–H and O–H groups in total. The molecule has 0 unspecified atom stereocenters.